The van der Waals surface area contributed by atoms with Gasteiger partial charge in [-0.25, -0.2) is 0 Å². The molecule has 0 aliphatic heterocycles. The van der Waals surface area contributed by atoms with E-state index in [0.717, 1.165) is 5.56 Å². The van der Waals surface area contributed by atoms with Crippen molar-refractivity contribution in [3.05, 3.63) is 47.9 Å². The van der Waals surface area contributed by atoms with E-state index in [4.69, 9.17) is 15.9 Å². The lowest BCUT2D eigenvalue weighted by Crippen LogP contribution is -2.12. The molecule has 0 saturated carbocycles. The molecule has 5 nitrogen and oxygen atoms in total. The highest BCUT2D eigenvalue weighted by Crippen LogP contribution is 2.26. The van der Waals surface area contributed by atoms with Crippen LogP contribution in [0.4, 0.5) is 0 Å². The number of carbonyl (C=O) groups excluding carboxylic acids is 2. The van der Waals surface area contributed by atoms with Crippen LogP contribution in [0.2, 0.25) is 0 Å². The second-order valence-corrected chi connectivity index (χ2v) is 3.45. The van der Waals surface area contributed by atoms with Gasteiger partial charge in [0.1, 0.15) is 0 Å². The maximum atomic E-state index is 11.2. The number of nitrogens with two attached hydrogens (primary N) is 2. The molecule has 17 heavy (non-hydrogen) atoms. The minimum absolute atomic E-state index is 0.0648. The molecule has 0 unspecified atom stereocenters. The Hall–Kier alpha value is -2.56. The van der Waals surface area contributed by atoms with Gasteiger partial charge in [0.25, 0.3) is 11.8 Å². The quantitative estimate of drug-likeness (QED) is 0.826. The van der Waals surface area contributed by atoms with Crippen molar-refractivity contribution in [3.8, 4) is 11.1 Å². The predicted molar refractivity (Wildman–Crippen MR) is 61.2 cm³/mol. The summed E-state index contributed by atoms with van der Waals surface area (Å²) in [5.41, 5.74) is 11.5. The van der Waals surface area contributed by atoms with Crippen molar-refractivity contribution in [2.45, 2.75) is 0 Å². The van der Waals surface area contributed by atoms with E-state index in [2.05, 4.69) is 0 Å². The predicted octanol–water partition coefficient (Wildman–Crippen LogP) is 1.14. The van der Waals surface area contributed by atoms with Crippen molar-refractivity contribution in [2.24, 2.45) is 11.5 Å². The maximum Gasteiger partial charge on any atom is 0.285 e. The van der Waals surface area contributed by atoms with E-state index in [1.807, 2.05) is 6.07 Å². The highest BCUT2D eigenvalue weighted by molar-refractivity contribution is 6.00. The Morgan fingerprint density at radius 1 is 1.00 bits per heavy atom. The molecule has 0 radical (unpaired) electrons. The molecule has 0 aliphatic carbocycles. The number of primary amides is 2. The lowest BCUT2D eigenvalue weighted by atomic mass is 10.1. The summed E-state index contributed by atoms with van der Waals surface area (Å²) in [7, 11) is 0. The maximum absolute atomic E-state index is 11.2. The molecule has 86 valence electrons. The van der Waals surface area contributed by atoms with Gasteiger partial charge in [0.05, 0.1) is 0 Å². The first-order chi connectivity index (χ1) is 8.09. The summed E-state index contributed by atoms with van der Waals surface area (Å²) in [6, 6.07) is 10.4. The van der Waals surface area contributed by atoms with Crippen LogP contribution in [0.5, 0.6) is 0 Å². The van der Waals surface area contributed by atoms with Crippen molar-refractivity contribution in [1.29, 1.82) is 0 Å². The number of rotatable bonds is 3. The molecular formula is C12H10N2O3. The van der Waals surface area contributed by atoms with E-state index in [-0.39, 0.29) is 11.5 Å². The molecule has 4 N–H and O–H groups in total. The monoisotopic (exact) mass is 230 g/mol. The summed E-state index contributed by atoms with van der Waals surface area (Å²) < 4.78 is 5.04. The van der Waals surface area contributed by atoms with Gasteiger partial charge in [-0.05, 0) is 11.6 Å². The van der Waals surface area contributed by atoms with Crippen molar-refractivity contribution in [3.63, 3.8) is 0 Å². The van der Waals surface area contributed by atoms with Gasteiger partial charge in [-0.2, -0.15) is 0 Å². The molecule has 0 saturated heterocycles. The topological polar surface area (TPSA) is 99.3 Å². The van der Waals surface area contributed by atoms with E-state index in [1.165, 1.54) is 6.07 Å². The molecule has 1 heterocycles. The van der Waals surface area contributed by atoms with Crippen LogP contribution < -0.4 is 11.5 Å². The molecule has 0 spiro atoms. The van der Waals surface area contributed by atoms with Crippen LogP contribution >= 0.6 is 0 Å². The first kappa shape index (κ1) is 10.9. The van der Waals surface area contributed by atoms with Crippen molar-refractivity contribution < 1.29 is 14.0 Å². The largest absolute Gasteiger partial charge is 0.445 e. The van der Waals surface area contributed by atoms with Gasteiger partial charge >= 0.3 is 0 Å². The van der Waals surface area contributed by atoms with Gasteiger partial charge in [0.2, 0.25) is 0 Å². The molecule has 5 heteroatoms. The fourth-order valence-electron chi connectivity index (χ4n) is 1.53. The Morgan fingerprint density at radius 2 is 1.65 bits per heavy atom. The van der Waals surface area contributed by atoms with Crippen LogP contribution in [0, 0.1) is 0 Å². The van der Waals surface area contributed by atoms with Crippen LogP contribution in [0.15, 0.2) is 40.8 Å². The van der Waals surface area contributed by atoms with Crippen LogP contribution in [-0.4, -0.2) is 11.8 Å². The molecule has 0 bridgehead atoms. The summed E-state index contributed by atoms with van der Waals surface area (Å²) in [5, 5.41) is 0. The number of hydrogen-bond acceptors (Lipinski definition) is 3. The lowest BCUT2D eigenvalue weighted by Gasteiger charge is -1.98. The number of hydrogen-bond donors (Lipinski definition) is 2. The third kappa shape index (κ3) is 2.03. The van der Waals surface area contributed by atoms with Crippen molar-refractivity contribution in [2.75, 3.05) is 0 Å². The van der Waals surface area contributed by atoms with Crippen molar-refractivity contribution in [1.82, 2.24) is 0 Å². The zero-order valence-corrected chi connectivity index (χ0v) is 8.84. The first-order valence-corrected chi connectivity index (χ1v) is 4.88. The molecular weight excluding hydrogens is 220 g/mol. The normalized spacial score (nSPS) is 10.1. The van der Waals surface area contributed by atoms with Gasteiger partial charge in [0.15, 0.2) is 11.5 Å². The van der Waals surface area contributed by atoms with E-state index >= 15 is 0 Å². The first-order valence-electron chi connectivity index (χ1n) is 4.88. The van der Waals surface area contributed by atoms with E-state index in [1.54, 1.807) is 24.3 Å². The Bertz CT molecular complexity index is 573. The van der Waals surface area contributed by atoms with Crippen molar-refractivity contribution >= 4 is 11.8 Å². The highest BCUT2D eigenvalue weighted by Gasteiger charge is 2.19. The standard InChI is InChI=1S/C12H10N2O3/c13-11(15)9-6-8(10(17-9)12(14)16)7-4-2-1-3-5-7/h1-6H,(H2,13,15)(H2,14,16). The number of carbonyl (C=O) groups is 2. The molecule has 1 aromatic carbocycles. The van der Waals surface area contributed by atoms with Crippen LogP contribution in [-0.2, 0) is 0 Å². The molecule has 0 fully saturated rings. The minimum Gasteiger partial charge on any atom is -0.445 e. The van der Waals surface area contributed by atoms with Crippen LogP contribution in [0.25, 0.3) is 11.1 Å². The van der Waals surface area contributed by atoms with Gasteiger partial charge in [-0.15, -0.1) is 0 Å². The second-order valence-electron chi connectivity index (χ2n) is 3.45. The zero-order chi connectivity index (χ0) is 12.4. The molecule has 1 aromatic heterocycles. The zero-order valence-electron chi connectivity index (χ0n) is 8.84. The van der Waals surface area contributed by atoms with Crippen LogP contribution in [0.1, 0.15) is 21.1 Å². The van der Waals surface area contributed by atoms with Gasteiger partial charge in [0, 0.05) is 5.56 Å². The van der Waals surface area contributed by atoms with Gasteiger partial charge in [-0.1, -0.05) is 30.3 Å². The molecule has 2 rings (SSSR count). The average molecular weight is 230 g/mol. The molecule has 2 aromatic rings. The third-order valence-corrected chi connectivity index (χ3v) is 2.28. The average Bonchev–Trinajstić information content (AvgIpc) is 2.75. The second kappa shape index (κ2) is 4.13. The lowest BCUT2D eigenvalue weighted by molar-refractivity contribution is 0.0951. The summed E-state index contributed by atoms with van der Waals surface area (Å²) >= 11 is 0. The van der Waals surface area contributed by atoms with E-state index < -0.39 is 11.8 Å². The Morgan fingerprint density at radius 3 is 2.18 bits per heavy atom. The number of amides is 2. The Balaban J connectivity index is 2.60. The smallest absolute Gasteiger partial charge is 0.285 e. The minimum atomic E-state index is -0.741. The number of furan rings is 1. The highest BCUT2D eigenvalue weighted by atomic mass is 16.4. The Labute approximate surface area is 97.0 Å². The fourth-order valence-corrected chi connectivity index (χ4v) is 1.53. The molecule has 0 aliphatic rings. The fraction of sp³-hybridized carbons (Fsp3) is 0. The SMILES string of the molecule is NC(=O)c1cc(-c2ccccc2)c(C(N)=O)o1. The third-order valence-electron chi connectivity index (χ3n) is 2.28. The molecule has 2 amide bonds. The Kier molecular flexibility index (Phi) is 2.66. The van der Waals surface area contributed by atoms with E-state index in [0.29, 0.717) is 5.56 Å². The molecule has 0 atom stereocenters. The van der Waals surface area contributed by atoms with E-state index in [9.17, 15) is 9.59 Å². The van der Waals surface area contributed by atoms with Crippen LogP contribution in [0.3, 0.4) is 0 Å². The van der Waals surface area contributed by atoms with Gasteiger partial charge < -0.3 is 15.9 Å². The summed E-state index contributed by atoms with van der Waals surface area (Å²) in [6.45, 7) is 0. The summed E-state index contributed by atoms with van der Waals surface area (Å²) in [4.78, 5) is 22.2. The summed E-state index contributed by atoms with van der Waals surface area (Å²) in [5.74, 6) is -1.63. The van der Waals surface area contributed by atoms with Gasteiger partial charge in [-0.3, -0.25) is 9.59 Å². The summed E-state index contributed by atoms with van der Waals surface area (Å²) in [6.07, 6.45) is 0. The number of benzene rings is 1.